The van der Waals surface area contributed by atoms with Gasteiger partial charge in [-0.05, 0) is 0 Å². The topological polar surface area (TPSA) is 318 Å². The Balaban J connectivity index is -0.000000101. The maximum absolute atomic E-state index is 8.55. The number of hydrogen-bond donors (Lipinski definition) is 11. The first-order valence-electron chi connectivity index (χ1n) is 9.62. The van der Waals surface area contributed by atoms with Gasteiger partial charge in [-0.3, -0.25) is 0 Å². The average molecular weight is 471 g/mol. The Morgan fingerprint density at radius 3 is 0.933 bits per heavy atom. The highest BCUT2D eigenvalue weighted by Crippen LogP contribution is 2.03. The van der Waals surface area contributed by atoms with Crippen LogP contribution in [0.1, 0.15) is 0 Å². The molecule has 0 aromatic carbocycles. The Morgan fingerprint density at radius 1 is 0.633 bits per heavy atom. The predicted molar refractivity (Wildman–Crippen MR) is 109 cm³/mol. The molecule has 0 aliphatic rings. The first kappa shape index (κ1) is 40.1. The van der Waals surface area contributed by atoms with Crippen LogP contribution in [0.15, 0.2) is 0 Å². The molecular formula is C14H47N8O7P. The van der Waals surface area contributed by atoms with E-state index in [1.54, 1.807) is 0 Å². The van der Waals surface area contributed by atoms with E-state index in [9.17, 15) is 0 Å². The van der Waals surface area contributed by atoms with Crippen LogP contribution in [-0.2, 0) is 4.57 Å². The van der Waals surface area contributed by atoms with Crippen LogP contribution in [0.2, 0.25) is 0 Å². The molecule has 0 saturated heterocycles. The first-order valence-corrected chi connectivity index (χ1v) is 11.1. The van der Waals surface area contributed by atoms with Crippen molar-refractivity contribution in [2.24, 2.45) is 11.5 Å². The van der Waals surface area contributed by atoms with E-state index in [4.69, 9.17) is 46.0 Å². The Labute approximate surface area is 179 Å². The van der Waals surface area contributed by atoms with Gasteiger partial charge in [0.05, 0.1) is 39.5 Å². The van der Waals surface area contributed by atoms with E-state index in [0.717, 1.165) is 39.3 Å². The molecule has 15 nitrogen and oxygen atoms in total. The lowest BCUT2D eigenvalue weighted by molar-refractivity contribution is -0.432. The summed E-state index contributed by atoms with van der Waals surface area (Å²) in [5.74, 6) is 0. The highest BCUT2D eigenvalue weighted by molar-refractivity contribution is 7.40. The van der Waals surface area contributed by atoms with Gasteiger partial charge in [0.1, 0.15) is 0 Å². The van der Waals surface area contributed by atoms with E-state index in [0.29, 0.717) is 32.7 Å². The molecule has 0 radical (unpaired) electrons. The van der Waals surface area contributed by atoms with Crippen molar-refractivity contribution in [1.82, 2.24) is 16.0 Å². The Morgan fingerprint density at radius 2 is 0.800 bits per heavy atom. The summed E-state index contributed by atoms with van der Waals surface area (Å²) in [5.41, 5.74) is 20.7. The van der Waals surface area contributed by atoms with Crippen molar-refractivity contribution in [2.45, 2.75) is 0 Å². The van der Waals surface area contributed by atoms with E-state index < -0.39 is 7.82 Å². The lowest BCUT2D eigenvalue weighted by atomic mass is 10.5. The number of aliphatic hydroxyl groups excluding tert-OH is 3. The van der Waals surface area contributed by atoms with Crippen molar-refractivity contribution >= 4 is 7.82 Å². The largest absolute Gasteiger partial charge is 0.822 e. The van der Waals surface area contributed by atoms with Crippen molar-refractivity contribution in [1.29, 1.82) is 0 Å². The third-order valence-corrected chi connectivity index (χ3v) is 2.07. The van der Waals surface area contributed by atoms with Crippen LogP contribution in [0.25, 0.3) is 0 Å². The molecular weight excluding hydrogens is 423 g/mol. The molecule has 0 heterocycles. The number of hydrogen-bond acceptors (Lipinski definition) is 12. The van der Waals surface area contributed by atoms with Gasteiger partial charge in [0.25, 0.3) is 0 Å². The van der Waals surface area contributed by atoms with Gasteiger partial charge < -0.3 is 79.2 Å². The molecule has 0 aromatic rings. The summed E-state index contributed by atoms with van der Waals surface area (Å²) in [4.78, 5) is 25.6. The zero-order valence-corrected chi connectivity index (χ0v) is 19.0. The highest BCUT2D eigenvalue weighted by atomic mass is 31.2. The van der Waals surface area contributed by atoms with E-state index in [2.05, 4.69) is 33.2 Å². The Kier molecular flexibility index (Phi) is 57.1. The van der Waals surface area contributed by atoms with Crippen molar-refractivity contribution in [3.8, 4) is 0 Å². The summed E-state index contributed by atoms with van der Waals surface area (Å²) in [5, 5.41) is 33.2. The monoisotopic (exact) mass is 470 g/mol. The maximum Gasteiger partial charge on any atom is 0.0974 e. The lowest BCUT2D eigenvalue weighted by Crippen LogP contribution is -2.51. The van der Waals surface area contributed by atoms with Gasteiger partial charge in [0, 0.05) is 52.4 Å². The molecule has 0 rings (SSSR count). The van der Waals surface area contributed by atoms with E-state index in [1.165, 1.54) is 0 Å². The molecule has 16 heteroatoms. The molecule has 0 aliphatic heterocycles. The van der Waals surface area contributed by atoms with Crippen LogP contribution in [-0.4, -0.2) is 107 Å². The molecule has 0 aliphatic carbocycles. The molecule has 30 heavy (non-hydrogen) atoms. The van der Waals surface area contributed by atoms with Crippen molar-refractivity contribution in [2.75, 3.05) is 91.8 Å². The quantitative estimate of drug-likeness (QED) is 0.0882. The molecule has 190 valence electrons. The van der Waals surface area contributed by atoms with Crippen LogP contribution in [0, 0.1) is 0 Å². The van der Waals surface area contributed by atoms with Gasteiger partial charge in [-0.15, -0.1) is 0 Å². The molecule has 0 amide bonds. The van der Waals surface area contributed by atoms with Gasteiger partial charge >= 0.3 is 0 Å². The SMILES string of the molecule is NCCNCCNCCNCCN.O=P([O-])([O-])[O-].[NH3+]CCO.[NH3+]CCO.[NH3+]CCO. The number of nitrogens with one attached hydrogen (secondary N) is 3. The van der Waals surface area contributed by atoms with Gasteiger partial charge in [-0.25, -0.2) is 0 Å². The van der Waals surface area contributed by atoms with Gasteiger partial charge in [-0.1, -0.05) is 0 Å². The summed E-state index contributed by atoms with van der Waals surface area (Å²) < 4.78 is 8.55. The molecule has 19 N–H and O–H groups in total. The minimum absolute atomic E-state index is 0.208. The maximum atomic E-state index is 8.55. The van der Waals surface area contributed by atoms with E-state index >= 15 is 0 Å². The summed E-state index contributed by atoms with van der Waals surface area (Å²) in [7, 11) is -5.39. The normalized spacial score (nSPS) is 9.57. The molecule has 0 spiro atoms. The van der Waals surface area contributed by atoms with Crippen LogP contribution in [0.5, 0.6) is 0 Å². The first-order chi connectivity index (χ1) is 14.2. The second-order valence-corrected chi connectivity index (χ2v) is 5.90. The minimum Gasteiger partial charge on any atom is -0.822 e. The zero-order chi connectivity index (χ0) is 24.5. The van der Waals surface area contributed by atoms with E-state index in [-0.39, 0.29) is 19.8 Å². The van der Waals surface area contributed by atoms with Gasteiger partial charge in [0.2, 0.25) is 0 Å². The van der Waals surface area contributed by atoms with Crippen molar-refractivity contribution < 1.29 is 51.8 Å². The van der Waals surface area contributed by atoms with Crippen LogP contribution >= 0.6 is 7.82 Å². The van der Waals surface area contributed by atoms with Gasteiger partial charge in [-0.2, -0.15) is 7.82 Å². The Bertz CT molecular complexity index is 261. The van der Waals surface area contributed by atoms with E-state index in [1.807, 2.05) is 0 Å². The van der Waals surface area contributed by atoms with Crippen LogP contribution < -0.4 is 59.3 Å². The molecule has 0 fully saturated rings. The Hall–Kier alpha value is -0.330. The molecule has 0 bridgehead atoms. The second kappa shape index (κ2) is 42.7. The molecule has 0 saturated carbocycles. The highest BCUT2D eigenvalue weighted by Gasteiger charge is 1.87. The molecule has 0 aromatic heterocycles. The number of phosphoric acid groups is 1. The van der Waals surface area contributed by atoms with Crippen LogP contribution in [0.3, 0.4) is 0 Å². The smallest absolute Gasteiger partial charge is 0.0974 e. The summed E-state index contributed by atoms with van der Waals surface area (Å²) >= 11 is 0. The molecule has 0 atom stereocenters. The van der Waals surface area contributed by atoms with Crippen LogP contribution in [0.4, 0.5) is 0 Å². The minimum atomic E-state index is -5.39. The third kappa shape index (κ3) is 123. The second-order valence-electron chi connectivity index (χ2n) is 5.01. The third-order valence-electron chi connectivity index (χ3n) is 2.07. The standard InChI is InChI=1S/C8H23N5.3C2H7NO.H3O4P/c9-1-3-11-5-7-13-8-6-12-4-2-10;3*3-1-2-4;1-5(2,3)4/h11-13H,1-10H2;3*4H,1-3H2;(H3,1,2,3,4). The fourth-order valence-electron chi connectivity index (χ4n) is 0.933. The van der Waals surface area contributed by atoms with Crippen molar-refractivity contribution in [3.05, 3.63) is 0 Å². The molecule has 0 unspecified atom stereocenters. The summed E-state index contributed by atoms with van der Waals surface area (Å²) in [6.45, 7) is 9.65. The van der Waals surface area contributed by atoms with Gasteiger partial charge in [0.15, 0.2) is 0 Å². The summed E-state index contributed by atoms with van der Waals surface area (Å²) in [6.07, 6.45) is 0. The predicted octanol–water partition coefficient (Wildman–Crippen LogP) is -10.5. The van der Waals surface area contributed by atoms with Crippen molar-refractivity contribution in [3.63, 3.8) is 0 Å². The number of nitrogens with two attached hydrogens (primary N) is 2. The fourth-order valence-corrected chi connectivity index (χ4v) is 0.933. The summed E-state index contributed by atoms with van der Waals surface area (Å²) in [6, 6.07) is 0. The number of aliphatic hydroxyl groups is 3. The average Bonchev–Trinajstić information content (AvgIpc) is 2.72. The lowest BCUT2D eigenvalue weighted by Gasteiger charge is -2.36. The number of quaternary nitrogens is 3. The number of rotatable bonds is 13. The fraction of sp³-hybridized carbons (Fsp3) is 1.00. The zero-order valence-electron chi connectivity index (χ0n) is 18.1.